The van der Waals surface area contributed by atoms with E-state index in [2.05, 4.69) is 13.5 Å². The van der Waals surface area contributed by atoms with Crippen LogP contribution in [-0.2, 0) is 0 Å². The van der Waals surface area contributed by atoms with Crippen LogP contribution in [0.4, 0.5) is 0 Å². The number of hydrogen-bond donors (Lipinski definition) is 1. The minimum atomic E-state index is 0.358. The summed E-state index contributed by atoms with van der Waals surface area (Å²) in [5, 5.41) is 9.37. The van der Waals surface area contributed by atoms with Gasteiger partial charge in [0.15, 0.2) is 0 Å². The molecule has 0 fully saturated rings. The van der Waals surface area contributed by atoms with E-state index in [1.165, 1.54) is 12.8 Å². The van der Waals surface area contributed by atoms with Gasteiger partial charge in [-0.25, -0.2) is 0 Å². The molecule has 0 spiro atoms. The Labute approximate surface area is 86.1 Å². The van der Waals surface area contributed by atoms with Crippen molar-refractivity contribution in [1.82, 2.24) is 0 Å². The van der Waals surface area contributed by atoms with Crippen LogP contribution in [0.15, 0.2) is 24.8 Å². The molecule has 0 unspecified atom stereocenters. The van der Waals surface area contributed by atoms with Crippen molar-refractivity contribution in [2.24, 2.45) is 0 Å². The van der Waals surface area contributed by atoms with Gasteiger partial charge in [-0.1, -0.05) is 26.0 Å². The summed E-state index contributed by atoms with van der Waals surface area (Å²) in [6.45, 7) is 8.14. The lowest BCUT2D eigenvalue weighted by molar-refractivity contribution is 0.471. The maximum atomic E-state index is 9.37. The van der Waals surface area contributed by atoms with Gasteiger partial charge < -0.3 is 5.11 Å². The highest BCUT2D eigenvalue weighted by Gasteiger charge is 2.01. The van der Waals surface area contributed by atoms with Crippen molar-refractivity contribution in [1.29, 1.82) is 0 Å². The van der Waals surface area contributed by atoms with Gasteiger partial charge in [-0.15, -0.1) is 0 Å². The number of benzene rings is 1. The van der Waals surface area contributed by atoms with Crippen molar-refractivity contribution in [3.05, 3.63) is 35.9 Å². The number of hydrogen-bond acceptors (Lipinski definition) is 1. The van der Waals surface area contributed by atoms with Crippen molar-refractivity contribution >= 4 is 5.57 Å². The normalized spacial score (nSPS) is 10.1. The molecule has 0 aliphatic heterocycles. The highest BCUT2D eigenvalue weighted by Crippen LogP contribution is 2.24. The minimum absolute atomic E-state index is 0.358. The van der Waals surface area contributed by atoms with Gasteiger partial charge in [0.05, 0.1) is 0 Å². The third kappa shape index (κ3) is 2.63. The van der Waals surface area contributed by atoms with Gasteiger partial charge in [0, 0.05) is 0 Å². The van der Waals surface area contributed by atoms with Crippen LogP contribution < -0.4 is 0 Å². The molecular formula is C13H18O. The van der Waals surface area contributed by atoms with Crippen LogP contribution in [0.5, 0.6) is 5.75 Å². The molecule has 0 aromatic heterocycles. The predicted octanol–water partition coefficient (Wildman–Crippen LogP) is 3.90. The molecule has 0 radical (unpaired) electrons. The second kappa shape index (κ2) is 4.85. The topological polar surface area (TPSA) is 20.2 Å². The number of allylic oxidation sites excluding steroid dienone is 1. The van der Waals surface area contributed by atoms with Crippen molar-refractivity contribution in [2.45, 2.75) is 33.1 Å². The maximum absolute atomic E-state index is 9.37. The van der Waals surface area contributed by atoms with Crippen LogP contribution in [-0.4, -0.2) is 5.11 Å². The largest absolute Gasteiger partial charge is 0.508 e. The first-order valence-electron chi connectivity index (χ1n) is 5.13. The van der Waals surface area contributed by atoms with E-state index in [0.29, 0.717) is 5.75 Å². The zero-order valence-corrected chi connectivity index (χ0v) is 9.01. The Morgan fingerprint density at radius 2 is 2.14 bits per heavy atom. The molecule has 0 bridgehead atoms. The predicted molar refractivity (Wildman–Crippen MR) is 61.4 cm³/mol. The second-order valence-corrected chi connectivity index (χ2v) is 3.71. The number of aryl methyl sites for hydroxylation is 1. The van der Waals surface area contributed by atoms with E-state index in [1.807, 2.05) is 19.1 Å². The number of phenols is 1. The van der Waals surface area contributed by atoms with Crippen LogP contribution in [0.3, 0.4) is 0 Å². The molecule has 0 saturated heterocycles. The van der Waals surface area contributed by atoms with E-state index in [9.17, 15) is 5.11 Å². The lowest BCUT2D eigenvalue weighted by Gasteiger charge is -2.07. The molecule has 0 aliphatic rings. The standard InChI is InChI=1S/C13H18O/c1-4-5-6-10(2)12-7-8-13(14)11(3)9-12/h7-9,14H,2,4-6H2,1,3H3. The zero-order valence-electron chi connectivity index (χ0n) is 9.01. The van der Waals surface area contributed by atoms with Crippen molar-refractivity contribution < 1.29 is 5.11 Å². The molecule has 1 heteroatoms. The molecule has 0 saturated carbocycles. The highest BCUT2D eigenvalue weighted by atomic mass is 16.3. The Hall–Kier alpha value is -1.24. The van der Waals surface area contributed by atoms with Crippen molar-refractivity contribution in [2.75, 3.05) is 0 Å². The Morgan fingerprint density at radius 3 is 2.71 bits per heavy atom. The third-order valence-electron chi connectivity index (χ3n) is 2.44. The quantitative estimate of drug-likeness (QED) is 0.763. The summed E-state index contributed by atoms with van der Waals surface area (Å²) in [7, 11) is 0. The van der Waals surface area contributed by atoms with E-state index in [4.69, 9.17) is 0 Å². The first kappa shape index (κ1) is 10.8. The SMILES string of the molecule is C=C(CCCC)c1ccc(O)c(C)c1. The van der Waals surface area contributed by atoms with Crippen LogP contribution in [0.2, 0.25) is 0 Å². The minimum Gasteiger partial charge on any atom is -0.508 e. The third-order valence-corrected chi connectivity index (χ3v) is 2.44. The number of phenolic OH excluding ortho intramolecular Hbond substituents is 1. The average Bonchev–Trinajstić information content (AvgIpc) is 2.18. The summed E-state index contributed by atoms with van der Waals surface area (Å²) in [6.07, 6.45) is 3.41. The Bertz CT molecular complexity index is 326. The molecule has 1 aromatic carbocycles. The maximum Gasteiger partial charge on any atom is 0.118 e. The van der Waals surface area contributed by atoms with E-state index < -0.39 is 0 Å². The molecule has 76 valence electrons. The lowest BCUT2D eigenvalue weighted by atomic mass is 10.00. The van der Waals surface area contributed by atoms with Gasteiger partial charge in [0.25, 0.3) is 0 Å². The fourth-order valence-corrected chi connectivity index (χ4v) is 1.41. The number of rotatable bonds is 4. The van der Waals surface area contributed by atoms with E-state index in [0.717, 1.165) is 23.1 Å². The summed E-state index contributed by atoms with van der Waals surface area (Å²) in [5.74, 6) is 0.358. The van der Waals surface area contributed by atoms with Gasteiger partial charge >= 0.3 is 0 Å². The molecule has 1 nitrogen and oxygen atoms in total. The number of aromatic hydroxyl groups is 1. The van der Waals surface area contributed by atoms with Gasteiger partial charge in [0.2, 0.25) is 0 Å². The van der Waals surface area contributed by atoms with Gasteiger partial charge in [-0.05, 0) is 48.6 Å². The zero-order chi connectivity index (χ0) is 10.6. The van der Waals surface area contributed by atoms with Crippen molar-refractivity contribution in [3.63, 3.8) is 0 Å². The lowest BCUT2D eigenvalue weighted by Crippen LogP contribution is -1.85. The summed E-state index contributed by atoms with van der Waals surface area (Å²) < 4.78 is 0. The molecule has 0 atom stereocenters. The van der Waals surface area contributed by atoms with Crippen LogP contribution in [0.1, 0.15) is 37.3 Å². The van der Waals surface area contributed by atoms with Gasteiger partial charge in [-0.3, -0.25) is 0 Å². The van der Waals surface area contributed by atoms with E-state index >= 15 is 0 Å². The molecule has 1 aromatic rings. The van der Waals surface area contributed by atoms with Gasteiger partial charge in [-0.2, -0.15) is 0 Å². The fourth-order valence-electron chi connectivity index (χ4n) is 1.41. The number of unbranched alkanes of at least 4 members (excludes halogenated alkanes) is 1. The molecule has 0 aliphatic carbocycles. The van der Waals surface area contributed by atoms with E-state index in [1.54, 1.807) is 6.07 Å². The molecule has 0 amide bonds. The Balaban J connectivity index is 2.76. The first-order valence-corrected chi connectivity index (χ1v) is 5.13. The smallest absolute Gasteiger partial charge is 0.118 e. The molecule has 1 N–H and O–H groups in total. The first-order chi connectivity index (χ1) is 6.65. The van der Waals surface area contributed by atoms with Crippen LogP contribution >= 0.6 is 0 Å². The van der Waals surface area contributed by atoms with Crippen LogP contribution in [0, 0.1) is 6.92 Å². The summed E-state index contributed by atoms with van der Waals surface area (Å²) in [5.41, 5.74) is 3.23. The fraction of sp³-hybridized carbons (Fsp3) is 0.385. The summed E-state index contributed by atoms with van der Waals surface area (Å²) in [6, 6.07) is 5.66. The summed E-state index contributed by atoms with van der Waals surface area (Å²) >= 11 is 0. The highest BCUT2D eigenvalue weighted by molar-refractivity contribution is 5.64. The van der Waals surface area contributed by atoms with Crippen molar-refractivity contribution in [3.8, 4) is 5.75 Å². The summed E-state index contributed by atoms with van der Waals surface area (Å²) in [4.78, 5) is 0. The van der Waals surface area contributed by atoms with Gasteiger partial charge in [0.1, 0.15) is 5.75 Å². The van der Waals surface area contributed by atoms with E-state index in [-0.39, 0.29) is 0 Å². The molecular weight excluding hydrogens is 172 g/mol. The molecule has 14 heavy (non-hydrogen) atoms. The Kier molecular flexibility index (Phi) is 3.75. The molecule has 1 rings (SSSR count). The Morgan fingerprint density at radius 1 is 1.43 bits per heavy atom. The monoisotopic (exact) mass is 190 g/mol. The van der Waals surface area contributed by atoms with Crippen LogP contribution in [0.25, 0.3) is 5.57 Å². The molecule has 0 heterocycles. The average molecular weight is 190 g/mol. The second-order valence-electron chi connectivity index (χ2n) is 3.71.